The highest BCUT2D eigenvalue weighted by Crippen LogP contribution is 2.31. The first kappa shape index (κ1) is 3.96. The van der Waals surface area contributed by atoms with Crippen LogP contribution >= 0.6 is 0 Å². The van der Waals surface area contributed by atoms with Gasteiger partial charge in [-0.2, -0.15) is 0 Å². The van der Waals surface area contributed by atoms with Crippen LogP contribution in [0.5, 0.6) is 0 Å². The topological polar surface area (TPSA) is 26.0 Å². The lowest BCUT2D eigenvalue weighted by atomic mass is 9.92. The molecule has 1 heteroatoms. The van der Waals surface area contributed by atoms with Gasteiger partial charge in [0.1, 0.15) is 0 Å². The predicted octanol–water partition coefficient (Wildman–Crippen LogP) is 0.955. The van der Waals surface area contributed by atoms with Gasteiger partial charge < -0.3 is 5.73 Å². The van der Waals surface area contributed by atoms with Crippen LogP contribution in [0.4, 0.5) is 0 Å². The molecule has 0 heterocycles. The molecule has 2 N–H and O–H groups in total. The minimum atomic E-state index is 0.565. The molecule has 1 unspecified atom stereocenters. The molecule has 0 fully saturated rings. The smallest absolute Gasteiger partial charge is 0.0285 e. The number of allylic oxidation sites excluding steroid dienone is 5. The first-order chi connectivity index (χ1) is 3.86. The van der Waals surface area contributed by atoms with Crippen LogP contribution in [-0.4, -0.2) is 0 Å². The fourth-order valence-electron chi connectivity index (χ4n) is 1.06. The van der Waals surface area contributed by atoms with Gasteiger partial charge >= 0.3 is 0 Å². The van der Waals surface area contributed by atoms with Gasteiger partial charge in [0.15, 0.2) is 0 Å². The van der Waals surface area contributed by atoms with Gasteiger partial charge in [-0.25, -0.2) is 0 Å². The SMILES string of the molecule is NC1=CC2C=CC2=C1. The van der Waals surface area contributed by atoms with Crippen molar-refractivity contribution in [3.05, 3.63) is 35.6 Å². The zero-order chi connectivity index (χ0) is 5.56. The van der Waals surface area contributed by atoms with Crippen LogP contribution in [0.15, 0.2) is 35.6 Å². The van der Waals surface area contributed by atoms with E-state index in [1.165, 1.54) is 5.57 Å². The molecule has 40 valence electrons. The van der Waals surface area contributed by atoms with Gasteiger partial charge in [0, 0.05) is 11.6 Å². The Labute approximate surface area is 48.2 Å². The molecule has 1 atom stereocenters. The van der Waals surface area contributed by atoms with E-state index in [2.05, 4.69) is 18.2 Å². The largest absolute Gasteiger partial charge is 0.399 e. The molecule has 0 radical (unpaired) electrons. The summed E-state index contributed by atoms with van der Waals surface area (Å²) in [6.07, 6.45) is 8.33. The third-order valence-electron chi connectivity index (χ3n) is 1.59. The molecule has 0 aromatic heterocycles. The van der Waals surface area contributed by atoms with Gasteiger partial charge in [-0.15, -0.1) is 0 Å². The first-order valence-corrected chi connectivity index (χ1v) is 2.73. The van der Waals surface area contributed by atoms with Crippen LogP contribution in [-0.2, 0) is 0 Å². The summed E-state index contributed by atoms with van der Waals surface area (Å²) < 4.78 is 0. The summed E-state index contributed by atoms with van der Waals surface area (Å²) in [6, 6.07) is 0. The Balaban J connectivity index is 2.44. The van der Waals surface area contributed by atoms with Crippen LogP contribution in [0.2, 0.25) is 0 Å². The Morgan fingerprint density at radius 1 is 1.50 bits per heavy atom. The summed E-state index contributed by atoms with van der Waals surface area (Å²) in [5.41, 5.74) is 7.78. The van der Waals surface area contributed by atoms with Crippen molar-refractivity contribution in [3.8, 4) is 0 Å². The Morgan fingerprint density at radius 2 is 2.38 bits per heavy atom. The maximum absolute atomic E-state index is 5.50. The summed E-state index contributed by atoms with van der Waals surface area (Å²) >= 11 is 0. The average molecular weight is 105 g/mol. The minimum Gasteiger partial charge on any atom is -0.399 e. The molecular formula is C7H7N. The lowest BCUT2D eigenvalue weighted by molar-refractivity contribution is 0.961. The van der Waals surface area contributed by atoms with Crippen LogP contribution in [0, 0.1) is 5.92 Å². The van der Waals surface area contributed by atoms with E-state index in [4.69, 9.17) is 5.73 Å². The van der Waals surface area contributed by atoms with Crippen LogP contribution in [0.3, 0.4) is 0 Å². The van der Waals surface area contributed by atoms with E-state index in [1.54, 1.807) is 0 Å². The number of nitrogens with two attached hydrogens (primary N) is 1. The van der Waals surface area contributed by atoms with Crippen molar-refractivity contribution >= 4 is 0 Å². The van der Waals surface area contributed by atoms with Gasteiger partial charge in [0.2, 0.25) is 0 Å². The van der Waals surface area contributed by atoms with Crippen LogP contribution < -0.4 is 5.73 Å². The van der Waals surface area contributed by atoms with Gasteiger partial charge in [-0.3, -0.25) is 0 Å². The number of hydrogen-bond donors (Lipinski definition) is 1. The van der Waals surface area contributed by atoms with Gasteiger partial charge in [-0.1, -0.05) is 18.2 Å². The van der Waals surface area contributed by atoms with Crippen molar-refractivity contribution in [2.45, 2.75) is 0 Å². The molecule has 8 heavy (non-hydrogen) atoms. The Hall–Kier alpha value is -0.980. The number of rotatable bonds is 0. The zero-order valence-electron chi connectivity index (χ0n) is 4.46. The van der Waals surface area contributed by atoms with E-state index < -0.39 is 0 Å². The van der Waals surface area contributed by atoms with Crippen LogP contribution in [0.25, 0.3) is 0 Å². The van der Waals surface area contributed by atoms with Crippen molar-refractivity contribution in [2.75, 3.05) is 0 Å². The third kappa shape index (κ3) is 0.316. The molecule has 0 aliphatic heterocycles. The maximum Gasteiger partial charge on any atom is 0.0285 e. The van der Waals surface area contributed by atoms with Crippen molar-refractivity contribution in [3.63, 3.8) is 0 Å². The molecule has 2 aliphatic carbocycles. The second-order valence-corrected chi connectivity index (χ2v) is 2.20. The van der Waals surface area contributed by atoms with E-state index in [0.29, 0.717) is 5.92 Å². The maximum atomic E-state index is 5.50. The molecule has 0 spiro atoms. The highest BCUT2D eigenvalue weighted by Gasteiger charge is 2.18. The summed E-state index contributed by atoms with van der Waals surface area (Å²) in [4.78, 5) is 0. The van der Waals surface area contributed by atoms with Crippen molar-refractivity contribution < 1.29 is 0 Å². The van der Waals surface area contributed by atoms with Gasteiger partial charge in [0.25, 0.3) is 0 Å². The fourth-order valence-corrected chi connectivity index (χ4v) is 1.06. The molecule has 0 aromatic carbocycles. The Kier molecular flexibility index (Phi) is 0.519. The van der Waals surface area contributed by atoms with E-state index in [0.717, 1.165) is 5.70 Å². The van der Waals surface area contributed by atoms with Gasteiger partial charge in [0.05, 0.1) is 0 Å². The summed E-state index contributed by atoms with van der Waals surface area (Å²) in [5.74, 6) is 0.565. The van der Waals surface area contributed by atoms with E-state index in [-0.39, 0.29) is 0 Å². The standard InChI is InChI=1S/C7H7N/c8-7-3-5-1-2-6(5)4-7/h1-5H,8H2. The lowest BCUT2D eigenvalue weighted by Crippen LogP contribution is -1.99. The molecule has 0 amide bonds. The number of fused-ring (bicyclic) bond motifs is 1. The van der Waals surface area contributed by atoms with E-state index in [9.17, 15) is 0 Å². The highest BCUT2D eigenvalue weighted by molar-refractivity contribution is 5.49. The van der Waals surface area contributed by atoms with Crippen molar-refractivity contribution in [1.29, 1.82) is 0 Å². The van der Waals surface area contributed by atoms with E-state index in [1.807, 2.05) is 6.08 Å². The summed E-state index contributed by atoms with van der Waals surface area (Å²) in [6.45, 7) is 0. The predicted molar refractivity (Wildman–Crippen MR) is 33.0 cm³/mol. The third-order valence-corrected chi connectivity index (χ3v) is 1.59. The minimum absolute atomic E-state index is 0.565. The second-order valence-electron chi connectivity index (χ2n) is 2.20. The molecule has 2 aliphatic rings. The van der Waals surface area contributed by atoms with Crippen molar-refractivity contribution in [1.82, 2.24) is 0 Å². The molecular weight excluding hydrogens is 98.1 g/mol. The molecule has 0 saturated carbocycles. The normalized spacial score (nSPS) is 30.8. The molecule has 0 bridgehead atoms. The quantitative estimate of drug-likeness (QED) is 0.487. The Morgan fingerprint density at radius 3 is 2.62 bits per heavy atom. The summed E-state index contributed by atoms with van der Waals surface area (Å²) in [7, 11) is 0. The highest BCUT2D eigenvalue weighted by atomic mass is 14.6. The Bertz CT molecular complexity index is 208. The fraction of sp³-hybridized carbons (Fsp3) is 0.143. The lowest BCUT2D eigenvalue weighted by Gasteiger charge is -2.12. The average Bonchev–Trinajstić information content (AvgIpc) is 1.91. The van der Waals surface area contributed by atoms with E-state index >= 15 is 0 Å². The molecule has 0 aromatic rings. The molecule has 1 nitrogen and oxygen atoms in total. The van der Waals surface area contributed by atoms with Crippen LogP contribution in [0.1, 0.15) is 0 Å². The van der Waals surface area contributed by atoms with Crippen molar-refractivity contribution in [2.24, 2.45) is 11.7 Å². The zero-order valence-corrected chi connectivity index (χ0v) is 4.46. The summed E-state index contributed by atoms with van der Waals surface area (Å²) in [5, 5.41) is 0. The van der Waals surface area contributed by atoms with Gasteiger partial charge in [-0.05, 0) is 11.6 Å². The monoisotopic (exact) mass is 105 g/mol. The number of hydrogen-bond acceptors (Lipinski definition) is 1. The molecule has 2 rings (SSSR count). The molecule has 0 saturated heterocycles. The second kappa shape index (κ2) is 1.05. The first-order valence-electron chi connectivity index (χ1n) is 2.73.